The minimum absolute atomic E-state index is 0.171. The van der Waals surface area contributed by atoms with Gasteiger partial charge in [-0.25, -0.2) is 4.39 Å². The van der Waals surface area contributed by atoms with E-state index in [2.05, 4.69) is 21.2 Å². The highest BCUT2D eigenvalue weighted by molar-refractivity contribution is 9.10. The molecule has 126 valence electrons. The fourth-order valence-corrected chi connectivity index (χ4v) is 2.62. The maximum absolute atomic E-state index is 13.7. The molecule has 2 aromatic rings. The number of rotatable bonds is 6. The van der Waals surface area contributed by atoms with E-state index in [9.17, 15) is 14.0 Å². The van der Waals surface area contributed by atoms with Crippen molar-refractivity contribution in [3.63, 3.8) is 0 Å². The zero-order valence-corrected chi connectivity index (χ0v) is 14.8. The van der Waals surface area contributed by atoms with Crippen LogP contribution in [0.4, 0.5) is 4.39 Å². The first kappa shape index (κ1) is 18.1. The predicted molar refractivity (Wildman–Crippen MR) is 94.0 cm³/mol. The van der Waals surface area contributed by atoms with Gasteiger partial charge in [0.05, 0.1) is 0 Å². The molecule has 0 unspecified atom stereocenters. The number of nitrogens with zero attached hydrogens (tertiary/aromatic N) is 1. The zero-order chi connectivity index (χ0) is 17.5. The summed E-state index contributed by atoms with van der Waals surface area (Å²) in [6, 6.07) is 13.4. The van der Waals surface area contributed by atoms with E-state index in [4.69, 9.17) is 0 Å². The molecule has 0 fully saturated rings. The largest absolute Gasteiger partial charge is 0.350 e. The summed E-state index contributed by atoms with van der Waals surface area (Å²) in [6.07, 6.45) is 0. The summed E-state index contributed by atoms with van der Waals surface area (Å²) in [5, 5.41) is 2.76. The van der Waals surface area contributed by atoms with E-state index in [-0.39, 0.29) is 24.2 Å². The van der Waals surface area contributed by atoms with E-state index in [1.165, 1.54) is 17.9 Å². The first-order chi connectivity index (χ1) is 11.5. The fraction of sp³-hybridized carbons (Fsp3) is 0.222. The standard InChI is InChI=1S/C18H18BrFN2O2/c1-13(23)22(12-15-5-2-3-8-17(15)20)10-9-21-18(24)14-6-4-7-16(19)11-14/h2-8,11H,9-10,12H2,1H3,(H,21,24). The molecule has 0 spiro atoms. The molecule has 2 aromatic carbocycles. The van der Waals surface area contributed by atoms with E-state index in [1.54, 1.807) is 36.4 Å². The molecule has 0 aliphatic rings. The Morgan fingerprint density at radius 1 is 1.17 bits per heavy atom. The van der Waals surface area contributed by atoms with Crippen LogP contribution in [-0.4, -0.2) is 29.8 Å². The van der Waals surface area contributed by atoms with Crippen LogP contribution in [0.5, 0.6) is 0 Å². The molecule has 6 heteroatoms. The quantitative estimate of drug-likeness (QED) is 0.818. The Bertz CT molecular complexity index is 736. The van der Waals surface area contributed by atoms with E-state index in [0.717, 1.165) is 4.47 Å². The van der Waals surface area contributed by atoms with Gasteiger partial charge in [0.25, 0.3) is 5.91 Å². The molecule has 4 nitrogen and oxygen atoms in total. The Morgan fingerprint density at radius 3 is 2.58 bits per heavy atom. The summed E-state index contributed by atoms with van der Waals surface area (Å²) in [6.45, 7) is 2.20. The highest BCUT2D eigenvalue weighted by Gasteiger charge is 2.13. The minimum Gasteiger partial charge on any atom is -0.350 e. The Kier molecular flexibility index (Phi) is 6.49. The molecule has 0 heterocycles. The SMILES string of the molecule is CC(=O)N(CCNC(=O)c1cccc(Br)c1)Cc1ccccc1F. The maximum Gasteiger partial charge on any atom is 0.251 e. The van der Waals surface area contributed by atoms with Crippen LogP contribution in [0.3, 0.4) is 0 Å². The number of hydrogen-bond acceptors (Lipinski definition) is 2. The van der Waals surface area contributed by atoms with Gasteiger partial charge in [-0.05, 0) is 24.3 Å². The van der Waals surface area contributed by atoms with Crippen molar-refractivity contribution in [2.24, 2.45) is 0 Å². The van der Waals surface area contributed by atoms with Gasteiger partial charge in [0, 0.05) is 42.2 Å². The molecule has 0 atom stereocenters. The Labute approximate surface area is 148 Å². The van der Waals surface area contributed by atoms with Crippen LogP contribution in [0.2, 0.25) is 0 Å². The number of nitrogens with one attached hydrogen (secondary N) is 1. The van der Waals surface area contributed by atoms with Crippen LogP contribution in [0.15, 0.2) is 53.0 Å². The Balaban J connectivity index is 1.91. The van der Waals surface area contributed by atoms with Gasteiger partial charge in [-0.2, -0.15) is 0 Å². The molecular formula is C18H18BrFN2O2. The topological polar surface area (TPSA) is 49.4 Å². The second kappa shape index (κ2) is 8.59. The summed E-state index contributed by atoms with van der Waals surface area (Å²) in [4.78, 5) is 25.3. The summed E-state index contributed by atoms with van der Waals surface area (Å²) < 4.78 is 14.5. The first-order valence-electron chi connectivity index (χ1n) is 7.50. The number of benzene rings is 2. The van der Waals surface area contributed by atoms with Crippen molar-refractivity contribution in [2.45, 2.75) is 13.5 Å². The van der Waals surface area contributed by atoms with Crippen LogP contribution in [-0.2, 0) is 11.3 Å². The molecule has 24 heavy (non-hydrogen) atoms. The molecule has 0 aliphatic heterocycles. The van der Waals surface area contributed by atoms with Gasteiger partial charge < -0.3 is 10.2 Å². The average Bonchev–Trinajstić information content (AvgIpc) is 2.55. The lowest BCUT2D eigenvalue weighted by atomic mass is 10.2. The van der Waals surface area contributed by atoms with Crippen LogP contribution in [0.1, 0.15) is 22.8 Å². The van der Waals surface area contributed by atoms with E-state index >= 15 is 0 Å². The van der Waals surface area contributed by atoms with Crippen molar-refractivity contribution in [3.05, 3.63) is 69.9 Å². The summed E-state index contributed by atoms with van der Waals surface area (Å²) in [5.41, 5.74) is 0.985. The number of carbonyl (C=O) groups excluding carboxylic acids is 2. The zero-order valence-electron chi connectivity index (χ0n) is 13.3. The van der Waals surface area contributed by atoms with Crippen molar-refractivity contribution < 1.29 is 14.0 Å². The van der Waals surface area contributed by atoms with Crippen LogP contribution >= 0.6 is 15.9 Å². The summed E-state index contributed by atoms with van der Waals surface area (Å²) in [7, 11) is 0. The highest BCUT2D eigenvalue weighted by Crippen LogP contribution is 2.12. The lowest BCUT2D eigenvalue weighted by Crippen LogP contribution is -2.37. The Hall–Kier alpha value is -2.21. The van der Waals surface area contributed by atoms with Crippen molar-refractivity contribution in [2.75, 3.05) is 13.1 Å². The number of carbonyl (C=O) groups is 2. The molecule has 0 aliphatic carbocycles. The number of amides is 2. The van der Waals surface area contributed by atoms with Gasteiger partial charge in [-0.15, -0.1) is 0 Å². The summed E-state index contributed by atoms with van der Waals surface area (Å²) >= 11 is 3.32. The second-order valence-corrected chi connectivity index (χ2v) is 6.21. The molecule has 2 amide bonds. The molecule has 0 radical (unpaired) electrons. The second-order valence-electron chi connectivity index (χ2n) is 5.30. The molecule has 0 saturated carbocycles. The van der Waals surface area contributed by atoms with Crippen molar-refractivity contribution >= 4 is 27.7 Å². The van der Waals surface area contributed by atoms with Crippen LogP contribution in [0.25, 0.3) is 0 Å². The molecule has 0 saturated heterocycles. The van der Waals surface area contributed by atoms with Gasteiger partial charge in [0.2, 0.25) is 5.91 Å². The van der Waals surface area contributed by atoms with Crippen molar-refractivity contribution in [1.29, 1.82) is 0 Å². The van der Waals surface area contributed by atoms with Gasteiger partial charge in [-0.1, -0.05) is 40.2 Å². The molecular weight excluding hydrogens is 375 g/mol. The third-order valence-electron chi connectivity index (χ3n) is 3.52. The molecule has 1 N–H and O–H groups in total. The third-order valence-corrected chi connectivity index (χ3v) is 4.01. The predicted octanol–water partition coefficient (Wildman–Crippen LogP) is 3.37. The minimum atomic E-state index is -0.345. The normalized spacial score (nSPS) is 10.3. The monoisotopic (exact) mass is 392 g/mol. The van der Waals surface area contributed by atoms with Gasteiger partial charge >= 0.3 is 0 Å². The molecule has 0 aromatic heterocycles. The van der Waals surface area contributed by atoms with Crippen molar-refractivity contribution in [3.8, 4) is 0 Å². The summed E-state index contributed by atoms with van der Waals surface area (Å²) in [5.74, 6) is -0.734. The lowest BCUT2D eigenvalue weighted by Gasteiger charge is -2.21. The van der Waals surface area contributed by atoms with Crippen molar-refractivity contribution in [1.82, 2.24) is 10.2 Å². The fourth-order valence-electron chi connectivity index (χ4n) is 2.22. The Morgan fingerprint density at radius 2 is 1.92 bits per heavy atom. The first-order valence-corrected chi connectivity index (χ1v) is 8.29. The molecule has 0 bridgehead atoms. The van der Waals surface area contributed by atoms with Gasteiger partial charge in [-0.3, -0.25) is 9.59 Å². The average molecular weight is 393 g/mol. The number of hydrogen-bond donors (Lipinski definition) is 1. The van der Waals surface area contributed by atoms with Gasteiger partial charge in [0.15, 0.2) is 0 Å². The van der Waals surface area contributed by atoms with E-state index in [0.29, 0.717) is 24.2 Å². The highest BCUT2D eigenvalue weighted by atomic mass is 79.9. The van der Waals surface area contributed by atoms with Gasteiger partial charge in [0.1, 0.15) is 5.82 Å². The van der Waals surface area contributed by atoms with Crippen LogP contribution < -0.4 is 5.32 Å². The van der Waals surface area contributed by atoms with E-state index < -0.39 is 0 Å². The molecule has 2 rings (SSSR count). The lowest BCUT2D eigenvalue weighted by molar-refractivity contribution is -0.129. The van der Waals surface area contributed by atoms with E-state index in [1.807, 2.05) is 6.07 Å². The smallest absolute Gasteiger partial charge is 0.251 e. The van der Waals surface area contributed by atoms with Crippen LogP contribution in [0, 0.1) is 5.82 Å². The third kappa shape index (κ3) is 5.16. The maximum atomic E-state index is 13.7. The number of halogens is 2.